The highest BCUT2D eigenvalue weighted by molar-refractivity contribution is 7.98. The lowest BCUT2D eigenvalue weighted by Crippen LogP contribution is -2.23. The smallest absolute Gasteiger partial charge is 0.268 e. The third-order valence-electron chi connectivity index (χ3n) is 3.19. The quantitative estimate of drug-likeness (QED) is 0.746. The zero-order chi connectivity index (χ0) is 15.5. The van der Waals surface area contributed by atoms with Crippen molar-refractivity contribution in [3.8, 4) is 0 Å². The van der Waals surface area contributed by atoms with Gasteiger partial charge in [0.05, 0.1) is 10.1 Å². The summed E-state index contributed by atoms with van der Waals surface area (Å²) in [6, 6.07) is 15.0. The summed E-state index contributed by atoms with van der Waals surface area (Å²) in [6.45, 7) is 0.0294. The molecule has 4 nitrogen and oxygen atoms in total. The lowest BCUT2D eigenvalue weighted by molar-refractivity contribution is -0.116. The zero-order valence-electron chi connectivity index (χ0n) is 11.9. The van der Waals surface area contributed by atoms with Crippen molar-refractivity contribution in [3.63, 3.8) is 0 Å². The molecule has 0 radical (unpaired) electrons. The molecular weight excluding hydrogens is 316 g/mol. The highest BCUT2D eigenvalue weighted by atomic mass is 32.2. The van der Waals surface area contributed by atoms with Crippen LogP contribution in [0.1, 0.15) is 0 Å². The Hall–Kier alpha value is -2.05. The molecule has 3 rings (SSSR count). The second-order valence-electron chi connectivity index (χ2n) is 4.71. The van der Waals surface area contributed by atoms with Crippen LogP contribution in [0.4, 0.5) is 5.69 Å². The van der Waals surface area contributed by atoms with Gasteiger partial charge in [0.15, 0.2) is 0 Å². The first-order valence-electron chi connectivity index (χ1n) is 6.70. The summed E-state index contributed by atoms with van der Waals surface area (Å²) in [7, 11) is 0. The molecule has 1 aromatic heterocycles. The largest absolute Gasteiger partial charge is 0.324 e. The van der Waals surface area contributed by atoms with Crippen LogP contribution in [0.3, 0.4) is 0 Å². The number of rotatable bonds is 4. The number of aromatic nitrogens is 1. The van der Waals surface area contributed by atoms with Crippen molar-refractivity contribution in [1.29, 1.82) is 0 Å². The Bertz CT molecular complexity index is 883. The van der Waals surface area contributed by atoms with Crippen LogP contribution >= 0.6 is 23.3 Å². The fourth-order valence-corrected chi connectivity index (χ4v) is 3.61. The van der Waals surface area contributed by atoms with Gasteiger partial charge in [0.25, 0.3) is 5.56 Å². The van der Waals surface area contributed by atoms with Gasteiger partial charge >= 0.3 is 0 Å². The average molecular weight is 330 g/mol. The number of anilines is 1. The third-order valence-corrected chi connectivity index (χ3v) is 4.99. The van der Waals surface area contributed by atoms with Crippen LogP contribution in [0.15, 0.2) is 58.2 Å². The molecule has 0 bridgehead atoms. The molecule has 2 aromatic carbocycles. The summed E-state index contributed by atoms with van der Waals surface area (Å²) in [5.41, 5.74) is 0.625. The molecule has 1 heterocycles. The van der Waals surface area contributed by atoms with Crippen molar-refractivity contribution in [1.82, 2.24) is 3.96 Å². The first-order valence-corrected chi connectivity index (χ1v) is 8.70. The Balaban J connectivity index is 1.78. The minimum atomic E-state index is -0.202. The number of fused-ring (bicyclic) bond motifs is 1. The molecule has 3 aromatic rings. The van der Waals surface area contributed by atoms with Gasteiger partial charge in [0.1, 0.15) is 6.54 Å². The molecule has 0 spiro atoms. The Kier molecular flexibility index (Phi) is 4.31. The minimum absolute atomic E-state index is 0.0294. The Morgan fingerprint density at radius 3 is 2.82 bits per heavy atom. The van der Waals surface area contributed by atoms with Crippen LogP contribution in [0, 0.1) is 0 Å². The summed E-state index contributed by atoms with van der Waals surface area (Å²) in [4.78, 5) is 25.4. The first-order chi connectivity index (χ1) is 10.7. The molecule has 0 saturated carbocycles. The van der Waals surface area contributed by atoms with E-state index in [-0.39, 0.29) is 18.0 Å². The topological polar surface area (TPSA) is 51.1 Å². The van der Waals surface area contributed by atoms with Gasteiger partial charge in [0, 0.05) is 10.6 Å². The summed E-state index contributed by atoms with van der Waals surface area (Å²) in [6.07, 6.45) is 1.98. The van der Waals surface area contributed by atoms with Gasteiger partial charge < -0.3 is 5.32 Å². The molecule has 6 heteroatoms. The van der Waals surface area contributed by atoms with Crippen molar-refractivity contribution in [2.75, 3.05) is 11.6 Å². The second kappa shape index (κ2) is 6.37. The van der Waals surface area contributed by atoms with Crippen LogP contribution in [0.25, 0.3) is 10.1 Å². The maximum absolute atomic E-state index is 12.2. The van der Waals surface area contributed by atoms with E-state index in [9.17, 15) is 9.59 Å². The number of thioether (sulfide) groups is 1. The first kappa shape index (κ1) is 14.9. The van der Waals surface area contributed by atoms with E-state index in [0.29, 0.717) is 5.39 Å². The average Bonchev–Trinajstić information content (AvgIpc) is 2.84. The van der Waals surface area contributed by atoms with Gasteiger partial charge in [-0.15, -0.1) is 11.8 Å². The van der Waals surface area contributed by atoms with Crippen LogP contribution in [-0.4, -0.2) is 16.1 Å². The van der Waals surface area contributed by atoms with Crippen molar-refractivity contribution >= 4 is 45.0 Å². The molecule has 0 fully saturated rings. The molecule has 0 aliphatic heterocycles. The third kappa shape index (κ3) is 3.08. The number of amides is 1. The standard InChI is InChI=1S/C16H14N2O2S2/c1-21-12-6-4-5-11(9-12)17-15(19)10-18-16(20)13-7-2-3-8-14(13)22-18/h2-9H,10H2,1H3,(H,17,19). The minimum Gasteiger partial charge on any atom is -0.324 e. The van der Waals surface area contributed by atoms with E-state index >= 15 is 0 Å². The van der Waals surface area contributed by atoms with E-state index < -0.39 is 0 Å². The van der Waals surface area contributed by atoms with E-state index in [2.05, 4.69) is 5.32 Å². The molecular formula is C16H14N2O2S2. The predicted octanol–water partition coefficient (Wildman–Crippen LogP) is 3.42. The van der Waals surface area contributed by atoms with Gasteiger partial charge in [-0.25, -0.2) is 0 Å². The SMILES string of the molecule is CSc1cccc(NC(=O)Cn2sc3ccccc3c2=O)c1. The van der Waals surface area contributed by atoms with Crippen molar-refractivity contribution < 1.29 is 4.79 Å². The van der Waals surface area contributed by atoms with Crippen molar-refractivity contribution in [3.05, 3.63) is 58.9 Å². The molecule has 0 saturated heterocycles. The molecule has 22 heavy (non-hydrogen) atoms. The summed E-state index contributed by atoms with van der Waals surface area (Å²) in [5.74, 6) is -0.202. The van der Waals surface area contributed by atoms with E-state index in [0.717, 1.165) is 15.3 Å². The molecule has 0 aliphatic carbocycles. The van der Waals surface area contributed by atoms with Gasteiger partial charge in [0.2, 0.25) is 5.91 Å². The maximum atomic E-state index is 12.2. The monoisotopic (exact) mass is 330 g/mol. The van der Waals surface area contributed by atoms with Gasteiger partial charge in [-0.2, -0.15) is 0 Å². The molecule has 0 unspecified atom stereocenters. The van der Waals surface area contributed by atoms with E-state index in [1.165, 1.54) is 15.5 Å². The molecule has 0 atom stereocenters. The molecule has 112 valence electrons. The lowest BCUT2D eigenvalue weighted by atomic mass is 10.3. The Morgan fingerprint density at radius 2 is 2.05 bits per heavy atom. The fraction of sp³-hybridized carbons (Fsp3) is 0.125. The van der Waals surface area contributed by atoms with Crippen molar-refractivity contribution in [2.24, 2.45) is 0 Å². The zero-order valence-corrected chi connectivity index (χ0v) is 13.5. The highest BCUT2D eigenvalue weighted by Gasteiger charge is 2.10. The predicted molar refractivity (Wildman–Crippen MR) is 92.9 cm³/mol. The van der Waals surface area contributed by atoms with E-state index in [1.54, 1.807) is 17.8 Å². The van der Waals surface area contributed by atoms with Gasteiger partial charge in [-0.05, 0) is 36.6 Å². The Morgan fingerprint density at radius 1 is 1.23 bits per heavy atom. The number of carbonyl (C=O) groups is 1. The molecule has 0 aliphatic rings. The number of carbonyl (C=O) groups excluding carboxylic acids is 1. The highest BCUT2D eigenvalue weighted by Crippen LogP contribution is 2.19. The number of hydrogen-bond donors (Lipinski definition) is 1. The second-order valence-corrected chi connectivity index (χ2v) is 6.65. The van der Waals surface area contributed by atoms with E-state index in [4.69, 9.17) is 0 Å². The van der Waals surface area contributed by atoms with Crippen LogP contribution in [-0.2, 0) is 11.3 Å². The number of nitrogens with zero attached hydrogens (tertiary/aromatic N) is 1. The number of hydrogen-bond acceptors (Lipinski definition) is 4. The van der Waals surface area contributed by atoms with Gasteiger partial charge in [-0.1, -0.05) is 29.7 Å². The number of nitrogens with one attached hydrogen (secondary N) is 1. The van der Waals surface area contributed by atoms with Crippen LogP contribution < -0.4 is 10.9 Å². The Labute approximate surface area is 135 Å². The van der Waals surface area contributed by atoms with Crippen LogP contribution in [0.2, 0.25) is 0 Å². The lowest BCUT2D eigenvalue weighted by Gasteiger charge is -2.06. The maximum Gasteiger partial charge on any atom is 0.268 e. The summed E-state index contributed by atoms with van der Waals surface area (Å²) < 4.78 is 2.38. The molecule has 1 amide bonds. The normalized spacial score (nSPS) is 10.8. The van der Waals surface area contributed by atoms with Gasteiger partial charge in [-0.3, -0.25) is 13.5 Å². The van der Waals surface area contributed by atoms with Crippen LogP contribution in [0.5, 0.6) is 0 Å². The summed E-state index contributed by atoms with van der Waals surface area (Å²) >= 11 is 2.92. The number of benzene rings is 2. The van der Waals surface area contributed by atoms with Crippen molar-refractivity contribution in [2.45, 2.75) is 11.4 Å². The fourth-order valence-electron chi connectivity index (χ4n) is 2.15. The van der Waals surface area contributed by atoms with E-state index in [1.807, 2.05) is 48.7 Å². The summed E-state index contributed by atoms with van der Waals surface area (Å²) in [5, 5.41) is 3.49. The molecule has 1 N–H and O–H groups in total.